The van der Waals surface area contributed by atoms with Crippen molar-refractivity contribution < 1.29 is 17.4 Å². The van der Waals surface area contributed by atoms with E-state index in [-0.39, 0.29) is 4.90 Å². The molecule has 6 heteroatoms. The van der Waals surface area contributed by atoms with E-state index in [2.05, 4.69) is 0 Å². The molecule has 0 aliphatic heterocycles. The summed E-state index contributed by atoms with van der Waals surface area (Å²) in [4.78, 5) is 0.174. The predicted molar refractivity (Wildman–Crippen MR) is 42.0 cm³/mol. The van der Waals surface area contributed by atoms with Crippen LogP contribution < -0.4 is 5.14 Å². The molecular formula is C7H6F3NOS. The lowest BCUT2D eigenvalue weighted by molar-refractivity contribution is -0.137. The van der Waals surface area contributed by atoms with Crippen LogP contribution in [0.5, 0.6) is 0 Å². The highest BCUT2D eigenvalue weighted by atomic mass is 32.2. The Labute approximate surface area is 75.1 Å². The summed E-state index contributed by atoms with van der Waals surface area (Å²) in [6.07, 6.45) is -4.37. The van der Waals surface area contributed by atoms with Crippen molar-refractivity contribution in [1.29, 1.82) is 0 Å². The molecular weight excluding hydrogens is 203 g/mol. The first kappa shape index (κ1) is 10.2. The van der Waals surface area contributed by atoms with Gasteiger partial charge in [-0.1, -0.05) is 0 Å². The Hall–Kier alpha value is -0.880. The van der Waals surface area contributed by atoms with Crippen LogP contribution in [0.2, 0.25) is 0 Å². The van der Waals surface area contributed by atoms with Crippen LogP contribution in [0.15, 0.2) is 29.2 Å². The van der Waals surface area contributed by atoms with E-state index in [9.17, 15) is 17.4 Å². The van der Waals surface area contributed by atoms with Crippen molar-refractivity contribution in [3.8, 4) is 0 Å². The Kier molecular flexibility index (Phi) is 2.72. The Morgan fingerprint density at radius 1 is 1.15 bits per heavy atom. The lowest BCUT2D eigenvalue weighted by atomic mass is 10.2. The van der Waals surface area contributed by atoms with Crippen molar-refractivity contribution in [2.45, 2.75) is 11.1 Å². The number of alkyl halides is 3. The largest absolute Gasteiger partial charge is 0.416 e. The fourth-order valence-electron chi connectivity index (χ4n) is 0.778. The molecule has 1 aromatic rings. The molecule has 0 fully saturated rings. The minimum Gasteiger partial charge on any atom is -0.248 e. The standard InChI is InChI=1S/C7H6F3NOS/c8-7(9,10)5-1-3-6(4-2-5)13(11)12/h1-4H,11H2/t13-/m1/s1. The van der Waals surface area contributed by atoms with Crippen LogP contribution in [0, 0.1) is 0 Å². The Balaban J connectivity index is 3.01. The van der Waals surface area contributed by atoms with Crippen LogP contribution in [0.3, 0.4) is 0 Å². The lowest BCUT2D eigenvalue weighted by Gasteiger charge is -2.05. The maximum atomic E-state index is 12.0. The zero-order valence-electron chi connectivity index (χ0n) is 6.34. The second-order valence-corrected chi connectivity index (χ2v) is 3.39. The number of nitrogens with two attached hydrogens (primary N) is 1. The van der Waals surface area contributed by atoms with Gasteiger partial charge < -0.3 is 0 Å². The molecule has 1 aromatic carbocycles. The van der Waals surface area contributed by atoms with Crippen LogP contribution in [0.25, 0.3) is 0 Å². The van der Waals surface area contributed by atoms with E-state index < -0.39 is 22.7 Å². The molecule has 2 N–H and O–H groups in total. The van der Waals surface area contributed by atoms with Crippen LogP contribution in [0.4, 0.5) is 13.2 Å². The molecule has 0 heterocycles. The van der Waals surface area contributed by atoms with Gasteiger partial charge in [0.25, 0.3) is 0 Å². The Bertz CT molecular complexity index is 320. The van der Waals surface area contributed by atoms with Crippen LogP contribution in [-0.4, -0.2) is 4.21 Å². The summed E-state index contributed by atoms with van der Waals surface area (Å²) in [7, 11) is -1.73. The molecule has 1 rings (SSSR count). The summed E-state index contributed by atoms with van der Waals surface area (Å²) >= 11 is 0. The highest BCUT2D eigenvalue weighted by Crippen LogP contribution is 2.29. The number of benzene rings is 1. The van der Waals surface area contributed by atoms with Gasteiger partial charge in [-0.15, -0.1) is 0 Å². The smallest absolute Gasteiger partial charge is 0.248 e. The van der Waals surface area contributed by atoms with Crippen LogP contribution in [0.1, 0.15) is 5.56 Å². The zero-order chi connectivity index (χ0) is 10.1. The van der Waals surface area contributed by atoms with Gasteiger partial charge in [-0.05, 0) is 24.3 Å². The summed E-state index contributed by atoms with van der Waals surface area (Å²) < 4.78 is 46.7. The Morgan fingerprint density at radius 2 is 1.62 bits per heavy atom. The van der Waals surface area contributed by atoms with Gasteiger partial charge in [0.1, 0.15) is 11.0 Å². The first-order valence-electron chi connectivity index (χ1n) is 3.24. The fourth-order valence-corrected chi connectivity index (χ4v) is 1.18. The van der Waals surface area contributed by atoms with Gasteiger partial charge in [0, 0.05) is 0 Å². The third kappa shape index (κ3) is 2.53. The third-order valence-electron chi connectivity index (χ3n) is 1.41. The highest BCUT2D eigenvalue weighted by Gasteiger charge is 2.29. The minimum absolute atomic E-state index is 0.174. The summed E-state index contributed by atoms with van der Waals surface area (Å²) in [5.74, 6) is 0. The fraction of sp³-hybridized carbons (Fsp3) is 0.143. The number of hydrogen-bond acceptors (Lipinski definition) is 1. The van der Waals surface area contributed by atoms with E-state index in [1.807, 2.05) is 0 Å². The van der Waals surface area contributed by atoms with Crippen molar-refractivity contribution in [1.82, 2.24) is 0 Å². The normalized spacial score (nSPS) is 14.2. The Morgan fingerprint density at radius 3 is 1.92 bits per heavy atom. The van der Waals surface area contributed by atoms with E-state index in [0.717, 1.165) is 24.3 Å². The number of hydrogen-bond donors (Lipinski definition) is 1. The summed E-state index contributed by atoms with van der Waals surface area (Å²) in [5, 5.41) is 4.96. The van der Waals surface area contributed by atoms with Gasteiger partial charge in [-0.2, -0.15) is 13.2 Å². The maximum absolute atomic E-state index is 12.0. The molecule has 0 saturated carbocycles. The third-order valence-corrected chi connectivity index (χ3v) is 2.15. The lowest BCUT2D eigenvalue weighted by Crippen LogP contribution is -2.06. The van der Waals surface area contributed by atoms with Gasteiger partial charge >= 0.3 is 6.18 Å². The second-order valence-electron chi connectivity index (χ2n) is 2.32. The first-order chi connectivity index (χ1) is 5.91. The molecule has 2 nitrogen and oxygen atoms in total. The molecule has 0 unspecified atom stereocenters. The topological polar surface area (TPSA) is 43.1 Å². The van der Waals surface area contributed by atoms with Gasteiger partial charge in [0.05, 0.1) is 10.5 Å². The molecule has 0 saturated heterocycles. The van der Waals surface area contributed by atoms with E-state index >= 15 is 0 Å². The second kappa shape index (κ2) is 3.47. The monoisotopic (exact) mass is 209 g/mol. The summed E-state index contributed by atoms with van der Waals surface area (Å²) in [5.41, 5.74) is -0.776. The van der Waals surface area contributed by atoms with E-state index in [1.165, 1.54) is 0 Å². The van der Waals surface area contributed by atoms with Gasteiger partial charge in [-0.25, -0.2) is 9.35 Å². The molecule has 0 spiro atoms. The van der Waals surface area contributed by atoms with Gasteiger partial charge in [0.2, 0.25) is 0 Å². The molecule has 0 amide bonds. The molecule has 0 radical (unpaired) electrons. The molecule has 0 aliphatic rings. The van der Waals surface area contributed by atoms with Crippen LogP contribution >= 0.6 is 0 Å². The first-order valence-corrected chi connectivity index (χ1v) is 4.46. The van der Waals surface area contributed by atoms with Crippen LogP contribution in [-0.2, 0) is 17.2 Å². The molecule has 0 bridgehead atoms. The average molecular weight is 209 g/mol. The summed E-state index contributed by atoms with van der Waals surface area (Å²) in [6, 6.07) is 3.89. The van der Waals surface area contributed by atoms with Crippen molar-refractivity contribution in [3.05, 3.63) is 29.8 Å². The van der Waals surface area contributed by atoms with Gasteiger partial charge in [-0.3, -0.25) is 0 Å². The highest BCUT2D eigenvalue weighted by molar-refractivity contribution is 7.82. The zero-order valence-corrected chi connectivity index (χ0v) is 7.15. The van der Waals surface area contributed by atoms with Crippen molar-refractivity contribution in [2.24, 2.45) is 5.14 Å². The molecule has 0 aromatic heterocycles. The van der Waals surface area contributed by atoms with Crippen molar-refractivity contribution in [3.63, 3.8) is 0 Å². The summed E-state index contributed by atoms with van der Waals surface area (Å²) in [6.45, 7) is 0. The van der Waals surface area contributed by atoms with E-state index in [0.29, 0.717) is 0 Å². The van der Waals surface area contributed by atoms with E-state index in [4.69, 9.17) is 5.14 Å². The minimum atomic E-state index is -4.37. The van der Waals surface area contributed by atoms with E-state index in [1.54, 1.807) is 0 Å². The molecule has 1 atom stereocenters. The predicted octanol–water partition coefficient (Wildman–Crippen LogP) is 1.69. The quantitative estimate of drug-likeness (QED) is 0.751. The van der Waals surface area contributed by atoms with Crippen molar-refractivity contribution in [2.75, 3.05) is 0 Å². The van der Waals surface area contributed by atoms with Gasteiger partial charge in [0.15, 0.2) is 0 Å². The SMILES string of the molecule is N[S@](=O)c1ccc(C(F)(F)F)cc1. The van der Waals surface area contributed by atoms with Crippen molar-refractivity contribution >= 4 is 11.0 Å². The molecule has 0 aliphatic carbocycles. The molecule has 13 heavy (non-hydrogen) atoms. The molecule has 72 valence electrons. The average Bonchev–Trinajstić information content (AvgIpc) is 2.03. The maximum Gasteiger partial charge on any atom is 0.416 e. The number of halogens is 3. The number of rotatable bonds is 1.